The Bertz CT molecular complexity index is 600. The summed E-state index contributed by atoms with van der Waals surface area (Å²) in [6.07, 6.45) is -1.86. The van der Waals surface area contributed by atoms with E-state index in [-0.39, 0.29) is 6.54 Å². The van der Waals surface area contributed by atoms with Gasteiger partial charge in [0.1, 0.15) is 23.5 Å². The molecule has 0 radical (unpaired) electrons. The van der Waals surface area contributed by atoms with Gasteiger partial charge in [0.15, 0.2) is 0 Å². The van der Waals surface area contributed by atoms with E-state index in [0.29, 0.717) is 5.82 Å². The molecule has 1 unspecified atom stereocenters. The second-order valence-electron chi connectivity index (χ2n) is 4.45. The molecule has 1 N–H and O–H groups in total. The molecule has 0 aliphatic carbocycles. The van der Waals surface area contributed by atoms with Crippen LogP contribution in [0.4, 0.5) is 22.0 Å². The molecule has 0 aliphatic rings. The SMILES string of the molecule is Cn1ccnc1CNC(c1c(F)cccc1F)C(F)(F)F. The average Bonchev–Trinajstić information content (AvgIpc) is 2.77. The number of nitrogens with one attached hydrogen (secondary N) is 1. The summed E-state index contributed by atoms with van der Waals surface area (Å²) >= 11 is 0. The van der Waals surface area contributed by atoms with Gasteiger partial charge in [-0.1, -0.05) is 6.07 Å². The van der Waals surface area contributed by atoms with Crippen molar-refractivity contribution in [2.75, 3.05) is 0 Å². The third-order valence-electron chi connectivity index (χ3n) is 3.00. The van der Waals surface area contributed by atoms with Crippen LogP contribution in [0, 0.1) is 11.6 Å². The summed E-state index contributed by atoms with van der Waals surface area (Å²) in [6, 6.07) is 0.148. The molecule has 0 aliphatic heterocycles. The van der Waals surface area contributed by atoms with Gasteiger partial charge in [-0.15, -0.1) is 0 Å². The second kappa shape index (κ2) is 5.80. The lowest BCUT2D eigenvalue weighted by atomic mass is 10.0. The zero-order chi connectivity index (χ0) is 15.6. The van der Waals surface area contributed by atoms with Crippen LogP contribution in [0.3, 0.4) is 0 Å². The molecule has 114 valence electrons. The first-order valence-electron chi connectivity index (χ1n) is 6.01. The van der Waals surface area contributed by atoms with Crippen molar-refractivity contribution >= 4 is 0 Å². The minimum Gasteiger partial charge on any atom is -0.337 e. The molecule has 0 fully saturated rings. The number of alkyl halides is 3. The van der Waals surface area contributed by atoms with E-state index in [1.54, 1.807) is 13.2 Å². The van der Waals surface area contributed by atoms with Gasteiger partial charge in [0.2, 0.25) is 0 Å². The van der Waals surface area contributed by atoms with Gasteiger partial charge >= 0.3 is 6.18 Å². The number of halogens is 5. The van der Waals surface area contributed by atoms with Gasteiger partial charge in [-0.3, -0.25) is 5.32 Å². The molecule has 1 aromatic heterocycles. The lowest BCUT2D eigenvalue weighted by molar-refractivity contribution is -0.159. The van der Waals surface area contributed by atoms with E-state index in [1.807, 2.05) is 0 Å². The van der Waals surface area contributed by atoms with Crippen LogP contribution in [0.2, 0.25) is 0 Å². The number of imidazole rings is 1. The molecule has 2 aromatic rings. The van der Waals surface area contributed by atoms with Gasteiger partial charge in [0.25, 0.3) is 0 Å². The highest BCUT2D eigenvalue weighted by atomic mass is 19.4. The number of benzene rings is 1. The van der Waals surface area contributed by atoms with Crippen molar-refractivity contribution in [1.82, 2.24) is 14.9 Å². The lowest BCUT2D eigenvalue weighted by Crippen LogP contribution is -2.35. The summed E-state index contributed by atoms with van der Waals surface area (Å²) in [6.45, 7) is -0.276. The summed E-state index contributed by atoms with van der Waals surface area (Å²) in [5.74, 6) is -2.17. The van der Waals surface area contributed by atoms with Crippen LogP contribution in [0.1, 0.15) is 17.4 Å². The number of rotatable bonds is 4. The van der Waals surface area contributed by atoms with Gasteiger partial charge in [-0.05, 0) is 12.1 Å². The van der Waals surface area contributed by atoms with Crippen LogP contribution in [0.15, 0.2) is 30.6 Å². The molecule has 21 heavy (non-hydrogen) atoms. The largest absolute Gasteiger partial charge is 0.408 e. The van der Waals surface area contributed by atoms with Crippen molar-refractivity contribution in [3.8, 4) is 0 Å². The molecule has 0 saturated heterocycles. The first-order valence-corrected chi connectivity index (χ1v) is 6.01. The van der Waals surface area contributed by atoms with Crippen LogP contribution in [-0.2, 0) is 13.6 Å². The van der Waals surface area contributed by atoms with Crippen LogP contribution in [0.25, 0.3) is 0 Å². The summed E-state index contributed by atoms with van der Waals surface area (Å²) in [5.41, 5.74) is -1.04. The molecule has 0 saturated carbocycles. The maximum absolute atomic E-state index is 13.6. The lowest BCUT2D eigenvalue weighted by Gasteiger charge is -2.22. The quantitative estimate of drug-likeness (QED) is 0.880. The molecule has 2 rings (SSSR count). The van der Waals surface area contributed by atoms with Crippen LogP contribution < -0.4 is 5.32 Å². The third-order valence-corrected chi connectivity index (χ3v) is 3.00. The molecule has 0 bridgehead atoms. The summed E-state index contributed by atoms with van der Waals surface area (Å²) < 4.78 is 67.9. The van der Waals surface area contributed by atoms with Crippen molar-refractivity contribution in [3.05, 3.63) is 53.6 Å². The van der Waals surface area contributed by atoms with E-state index in [9.17, 15) is 22.0 Å². The average molecular weight is 305 g/mol. The van der Waals surface area contributed by atoms with Gasteiger partial charge in [-0.25, -0.2) is 13.8 Å². The topological polar surface area (TPSA) is 29.9 Å². The Morgan fingerprint density at radius 1 is 1.24 bits per heavy atom. The summed E-state index contributed by atoms with van der Waals surface area (Å²) in [4.78, 5) is 3.85. The normalized spacial score (nSPS) is 13.4. The molecule has 1 atom stereocenters. The van der Waals surface area contributed by atoms with Gasteiger partial charge in [0.05, 0.1) is 6.54 Å². The third kappa shape index (κ3) is 3.38. The number of aryl methyl sites for hydroxylation is 1. The zero-order valence-electron chi connectivity index (χ0n) is 11.0. The minimum absolute atomic E-state index is 0.276. The Labute approximate surface area is 117 Å². The van der Waals surface area contributed by atoms with E-state index in [0.717, 1.165) is 18.2 Å². The van der Waals surface area contributed by atoms with Crippen molar-refractivity contribution < 1.29 is 22.0 Å². The number of nitrogens with zero attached hydrogens (tertiary/aromatic N) is 2. The highest BCUT2D eigenvalue weighted by Crippen LogP contribution is 2.35. The standard InChI is InChI=1S/C13H12F5N3/c1-21-6-5-19-10(21)7-20-12(13(16,17)18)11-8(14)3-2-4-9(11)15/h2-6,12,20H,7H2,1H3. The van der Waals surface area contributed by atoms with Crippen LogP contribution in [0.5, 0.6) is 0 Å². The zero-order valence-corrected chi connectivity index (χ0v) is 11.0. The highest BCUT2D eigenvalue weighted by molar-refractivity contribution is 5.24. The first kappa shape index (κ1) is 15.4. The fraction of sp³-hybridized carbons (Fsp3) is 0.308. The summed E-state index contributed by atoms with van der Waals surface area (Å²) in [5, 5.41) is 2.11. The first-order chi connectivity index (χ1) is 9.80. The van der Waals surface area contributed by atoms with Gasteiger partial charge in [0, 0.05) is 25.0 Å². The maximum Gasteiger partial charge on any atom is 0.408 e. The van der Waals surface area contributed by atoms with E-state index < -0.39 is 29.4 Å². The fourth-order valence-electron chi connectivity index (χ4n) is 1.93. The molecule has 3 nitrogen and oxygen atoms in total. The smallest absolute Gasteiger partial charge is 0.337 e. The highest BCUT2D eigenvalue weighted by Gasteiger charge is 2.43. The van der Waals surface area contributed by atoms with E-state index in [4.69, 9.17) is 0 Å². The fourth-order valence-corrected chi connectivity index (χ4v) is 1.93. The molecule has 0 spiro atoms. The summed E-state index contributed by atoms with van der Waals surface area (Å²) in [7, 11) is 1.61. The van der Waals surface area contributed by atoms with Crippen molar-refractivity contribution in [1.29, 1.82) is 0 Å². The van der Waals surface area contributed by atoms with Gasteiger partial charge in [-0.2, -0.15) is 13.2 Å². The monoisotopic (exact) mass is 305 g/mol. The van der Waals surface area contributed by atoms with Gasteiger partial charge < -0.3 is 4.57 Å². The Balaban J connectivity index is 2.30. The van der Waals surface area contributed by atoms with E-state index in [1.165, 1.54) is 10.8 Å². The molecular formula is C13H12F5N3. The van der Waals surface area contributed by atoms with Crippen LogP contribution in [-0.4, -0.2) is 15.7 Å². The second-order valence-corrected chi connectivity index (χ2v) is 4.45. The van der Waals surface area contributed by atoms with Crippen LogP contribution >= 0.6 is 0 Å². The Morgan fingerprint density at radius 3 is 2.33 bits per heavy atom. The van der Waals surface area contributed by atoms with Crippen molar-refractivity contribution in [2.24, 2.45) is 7.05 Å². The number of hydrogen-bond donors (Lipinski definition) is 1. The molecule has 1 aromatic carbocycles. The van der Waals surface area contributed by atoms with Crippen molar-refractivity contribution in [3.63, 3.8) is 0 Å². The Morgan fingerprint density at radius 2 is 1.86 bits per heavy atom. The molecular weight excluding hydrogens is 293 g/mol. The molecule has 0 amide bonds. The Hall–Kier alpha value is -1.96. The van der Waals surface area contributed by atoms with Crippen molar-refractivity contribution in [2.45, 2.75) is 18.8 Å². The predicted molar refractivity (Wildman–Crippen MR) is 65.2 cm³/mol. The van der Waals surface area contributed by atoms with E-state index >= 15 is 0 Å². The number of hydrogen-bond acceptors (Lipinski definition) is 2. The predicted octanol–water partition coefficient (Wildman–Crippen LogP) is 3.09. The number of aromatic nitrogens is 2. The van der Waals surface area contributed by atoms with E-state index in [2.05, 4.69) is 10.3 Å². The minimum atomic E-state index is -4.84. The molecule has 8 heteroatoms. The molecule has 1 heterocycles. The Kier molecular flexibility index (Phi) is 4.26. The maximum atomic E-state index is 13.6.